The van der Waals surface area contributed by atoms with Crippen LogP contribution < -0.4 is 15.8 Å². The van der Waals surface area contributed by atoms with Gasteiger partial charge in [-0.2, -0.15) is 0 Å². The van der Waals surface area contributed by atoms with Crippen LogP contribution in [0.15, 0.2) is 29.2 Å². The molecule has 0 bridgehead atoms. The van der Waals surface area contributed by atoms with Crippen LogP contribution in [0.25, 0.3) is 0 Å². The van der Waals surface area contributed by atoms with Gasteiger partial charge in [-0.05, 0) is 49.8 Å². The van der Waals surface area contributed by atoms with Crippen LogP contribution in [0.1, 0.15) is 25.3 Å². The van der Waals surface area contributed by atoms with Gasteiger partial charge in [-0.3, -0.25) is 14.9 Å². The Morgan fingerprint density at radius 1 is 1.27 bits per heavy atom. The molecule has 4 N–H and O–H groups in total. The van der Waals surface area contributed by atoms with E-state index < -0.39 is 16.1 Å². The minimum absolute atomic E-state index is 0.0460. The van der Waals surface area contributed by atoms with Gasteiger partial charge >= 0.3 is 5.97 Å². The average Bonchev–Trinajstić information content (AvgIpc) is 3.40. The lowest BCUT2D eigenvalue weighted by Crippen LogP contribution is -2.45. The number of benzene rings is 1. The Labute approximate surface area is 153 Å². The van der Waals surface area contributed by atoms with Gasteiger partial charge in [-0.15, -0.1) is 0 Å². The molecule has 0 saturated heterocycles. The van der Waals surface area contributed by atoms with Crippen LogP contribution in [-0.2, 0) is 30.8 Å². The molecule has 1 saturated carbocycles. The highest BCUT2D eigenvalue weighted by Crippen LogP contribution is 2.33. The van der Waals surface area contributed by atoms with Crippen molar-refractivity contribution >= 4 is 21.9 Å². The molecule has 9 heteroatoms. The first-order chi connectivity index (χ1) is 12.3. The number of hydrogen-bond donors (Lipinski definition) is 3. The Balaban J connectivity index is 1.72. The van der Waals surface area contributed by atoms with Crippen molar-refractivity contribution in [1.29, 1.82) is 0 Å². The number of sulfonamides is 1. The summed E-state index contributed by atoms with van der Waals surface area (Å²) in [5, 5.41) is 10.8. The lowest BCUT2D eigenvalue weighted by Gasteiger charge is -2.16. The van der Waals surface area contributed by atoms with E-state index in [0.717, 1.165) is 18.4 Å². The van der Waals surface area contributed by atoms with Gasteiger partial charge in [0, 0.05) is 6.54 Å². The van der Waals surface area contributed by atoms with Crippen LogP contribution in [0.3, 0.4) is 0 Å². The van der Waals surface area contributed by atoms with Crippen molar-refractivity contribution in [3.8, 4) is 0 Å². The minimum atomic E-state index is -3.70. The summed E-state index contributed by atoms with van der Waals surface area (Å²) in [5.41, 5.74) is 0.882. The van der Waals surface area contributed by atoms with Gasteiger partial charge in [0.2, 0.25) is 15.9 Å². The molecular formula is C17H25N3O5S. The molecule has 1 aromatic rings. The van der Waals surface area contributed by atoms with Crippen molar-refractivity contribution in [2.45, 2.75) is 37.1 Å². The quantitative estimate of drug-likeness (QED) is 0.485. The standard InChI is InChI=1S/C17H25N3O5S/c1-2-25-17(22)16(13-5-6-13)20-11-15(21)19-10-9-12-3-7-14(8-4-12)26(18,23)24/h3-4,7-8,13,16,20H,2,5-6,9-11H2,1H3,(H,19,21)(H2,18,23,24). The number of primary sulfonamides is 1. The average molecular weight is 383 g/mol. The molecule has 0 spiro atoms. The third-order valence-electron chi connectivity index (χ3n) is 4.10. The summed E-state index contributed by atoms with van der Waals surface area (Å²) in [5.74, 6) is -0.266. The van der Waals surface area contributed by atoms with Gasteiger partial charge in [0.25, 0.3) is 0 Å². The Kier molecular flexibility index (Phi) is 7.13. The van der Waals surface area contributed by atoms with E-state index in [4.69, 9.17) is 9.88 Å². The third-order valence-corrected chi connectivity index (χ3v) is 5.03. The van der Waals surface area contributed by atoms with E-state index in [0.29, 0.717) is 19.6 Å². The highest BCUT2D eigenvalue weighted by molar-refractivity contribution is 7.89. The molecule has 0 aromatic heterocycles. The predicted octanol–water partition coefficient (Wildman–Crippen LogP) is -0.0760. The van der Waals surface area contributed by atoms with Crippen molar-refractivity contribution < 1.29 is 22.7 Å². The Morgan fingerprint density at radius 3 is 2.46 bits per heavy atom. The summed E-state index contributed by atoms with van der Waals surface area (Å²) in [6.07, 6.45) is 2.49. The maximum atomic E-state index is 11.9. The van der Waals surface area contributed by atoms with E-state index in [-0.39, 0.29) is 29.2 Å². The number of nitrogens with two attached hydrogens (primary N) is 1. The fraction of sp³-hybridized carbons (Fsp3) is 0.529. The normalized spacial score (nSPS) is 15.3. The summed E-state index contributed by atoms with van der Waals surface area (Å²) in [6, 6.07) is 5.77. The summed E-state index contributed by atoms with van der Waals surface area (Å²) >= 11 is 0. The van der Waals surface area contributed by atoms with Gasteiger partial charge in [-0.25, -0.2) is 13.6 Å². The molecule has 0 heterocycles. The van der Waals surface area contributed by atoms with E-state index in [1.807, 2.05) is 0 Å². The van der Waals surface area contributed by atoms with Crippen LogP contribution in [0, 0.1) is 5.92 Å². The zero-order valence-electron chi connectivity index (χ0n) is 14.7. The number of hydrogen-bond acceptors (Lipinski definition) is 6. The second-order valence-corrected chi connectivity index (χ2v) is 7.80. The van der Waals surface area contributed by atoms with E-state index in [1.165, 1.54) is 12.1 Å². The van der Waals surface area contributed by atoms with Crippen LogP contribution in [0.4, 0.5) is 0 Å². The molecule has 1 fully saturated rings. The Bertz CT molecular complexity index is 729. The molecule has 0 radical (unpaired) electrons. The predicted molar refractivity (Wildman–Crippen MR) is 95.7 cm³/mol. The second-order valence-electron chi connectivity index (χ2n) is 6.24. The summed E-state index contributed by atoms with van der Waals surface area (Å²) in [7, 11) is -3.70. The van der Waals surface area contributed by atoms with Gasteiger partial charge in [-0.1, -0.05) is 12.1 Å². The molecule has 0 aliphatic heterocycles. The van der Waals surface area contributed by atoms with Crippen molar-refractivity contribution in [2.24, 2.45) is 11.1 Å². The summed E-state index contributed by atoms with van der Waals surface area (Å²) in [4.78, 5) is 23.8. The monoisotopic (exact) mass is 383 g/mol. The number of carbonyl (C=O) groups is 2. The molecule has 144 valence electrons. The Hall–Kier alpha value is -1.97. The highest BCUT2D eigenvalue weighted by atomic mass is 32.2. The number of nitrogens with one attached hydrogen (secondary N) is 2. The maximum Gasteiger partial charge on any atom is 0.323 e. The van der Waals surface area contributed by atoms with Gasteiger partial charge in [0.1, 0.15) is 6.04 Å². The van der Waals surface area contributed by atoms with Crippen LogP contribution in [-0.4, -0.2) is 46.0 Å². The largest absolute Gasteiger partial charge is 0.465 e. The topological polar surface area (TPSA) is 128 Å². The number of rotatable bonds is 10. The maximum absolute atomic E-state index is 11.9. The molecule has 1 atom stereocenters. The zero-order chi connectivity index (χ0) is 19.2. The first-order valence-corrected chi connectivity index (χ1v) is 10.1. The second kappa shape index (κ2) is 9.11. The number of ether oxygens (including phenoxy) is 1. The van der Waals surface area contributed by atoms with Crippen LogP contribution >= 0.6 is 0 Å². The first-order valence-electron chi connectivity index (χ1n) is 8.59. The van der Waals surface area contributed by atoms with E-state index in [2.05, 4.69) is 10.6 Å². The number of esters is 1. The van der Waals surface area contributed by atoms with Crippen molar-refractivity contribution in [3.05, 3.63) is 29.8 Å². The molecule has 2 rings (SSSR count). The molecule has 8 nitrogen and oxygen atoms in total. The molecule has 1 aromatic carbocycles. The van der Waals surface area contributed by atoms with E-state index >= 15 is 0 Å². The fourth-order valence-electron chi connectivity index (χ4n) is 2.56. The van der Waals surface area contributed by atoms with Crippen LogP contribution in [0.2, 0.25) is 0 Å². The van der Waals surface area contributed by atoms with Crippen molar-refractivity contribution in [3.63, 3.8) is 0 Å². The van der Waals surface area contributed by atoms with Crippen molar-refractivity contribution in [2.75, 3.05) is 19.7 Å². The van der Waals surface area contributed by atoms with Gasteiger partial charge in [0.05, 0.1) is 18.0 Å². The molecule has 1 amide bonds. The third kappa shape index (κ3) is 6.40. The van der Waals surface area contributed by atoms with Gasteiger partial charge in [0.15, 0.2) is 0 Å². The summed E-state index contributed by atoms with van der Waals surface area (Å²) in [6.45, 7) is 2.53. The fourth-order valence-corrected chi connectivity index (χ4v) is 3.08. The summed E-state index contributed by atoms with van der Waals surface area (Å²) < 4.78 is 27.4. The Morgan fingerprint density at radius 2 is 1.92 bits per heavy atom. The van der Waals surface area contributed by atoms with Gasteiger partial charge < -0.3 is 10.1 Å². The van der Waals surface area contributed by atoms with Crippen LogP contribution in [0.5, 0.6) is 0 Å². The molecule has 26 heavy (non-hydrogen) atoms. The zero-order valence-corrected chi connectivity index (χ0v) is 15.6. The minimum Gasteiger partial charge on any atom is -0.465 e. The molecule has 1 unspecified atom stereocenters. The highest BCUT2D eigenvalue weighted by Gasteiger charge is 2.37. The SMILES string of the molecule is CCOC(=O)C(NCC(=O)NCCc1ccc(S(N)(=O)=O)cc1)C1CC1. The lowest BCUT2D eigenvalue weighted by molar-refractivity contribution is -0.146. The lowest BCUT2D eigenvalue weighted by atomic mass is 10.1. The number of carbonyl (C=O) groups excluding carboxylic acids is 2. The molecule has 1 aliphatic rings. The molecular weight excluding hydrogens is 358 g/mol. The van der Waals surface area contributed by atoms with E-state index in [1.54, 1.807) is 19.1 Å². The number of amides is 1. The smallest absolute Gasteiger partial charge is 0.323 e. The van der Waals surface area contributed by atoms with E-state index in [9.17, 15) is 18.0 Å². The van der Waals surface area contributed by atoms with Crippen molar-refractivity contribution in [1.82, 2.24) is 10.6 Å². The molecule has 1 aliphatic carbocycles. The first kappa shape index (κ1) is 20.3.